The molecule has 0 amide bonds. The molecule has 1 aliphatic carbocycles. The molecule has 8 heteroatoms. The van der Waals surface area contributed by atoms with Gasteiger partial charge in [-0.3, -0.25) is 4.79 Å². The SMILES string of the molecule is CCn1cc(C(=O)O)c(=O)c2c(N)c(F)c(NCCN[C@]3(CC)C[C@H]3c3ccccc3)cc21. The summed E-state index contributed by atoms with van der Waals surface area (Å²) >= 11 is 0. The maximum Gasteiger partial charge on any atom is 0.341 e. The number of anilines is 2. The zero-order chi connectivity index (χ0) is 23.8. The summed E-state index contributed by atoms with van der Waals surface area (Å²) in [5, 5.41) is 15.9. The van der Waals surface area contributed by atoms with Gasteiger partial charge in [-0.25, -0.2) is 9.18 Å². The van der Waals surface area contributed by atoms with Gasteiger partial charge < -0.3 is 26.0 Å². The van der Waals surface area contributed by atoms with Gasteiger partial charge in [-0.2, -0.15) is 0 Å². The smallest absolute Gasteiger partial charge is 0.341 e. The van der Waals surface area contributed by atoms with Crippen LogP contribution in [0.5, 0.6) is 0 Å². The Bertz CT molecular complexity index is 1260. The number of nitrogens with zero attached hydrogens (tertiary/aromatic N) is 1. The van der Waals surface area contributed by atoms with Gasteiger partial charge in [-0.05, 0) is 31.4 Å². The molecule has 1 saturated carbocycles. The van der Waals surface area contributed by atoms with E-state index in [-0.39, 0.29) is 22.3 Å². The lowest BCUT2D eigenvalue weighted by atomic mass is 10.0. The largest absolute Gasteiger partial charge is 0.477 e. The Morgan fingerprint density at radius 3 is 2.64 bits per heavy atom. The number of aromatic carboxylic acids is 1. The van der Waals surface area contributed by atoms with Crippen LogP contribution in [0, 0.1) is 5.82 Å². The highest BCUT2D eigenvalue weighted by atomic mass is 19.1. The summed E-state index contributed by atoms with van der Waals surface area (Å²) < 4.78 is 16.6. The molecular weight excluding hydrogens is 423 g/mol. The number of fused-ring (bicyclic) bond motifs is 1. The molecule has 0 radical (unpaired) electrons. The van der Waals surface area contributed by atoms with Crippen LogP contribution in [0.15, 0.2) is 47.4 Å². The molecule has 2 atom stereocenters. The van der Waals surface area contributed by atoms with Gasteiger partial charge in [0.05, 0.1) is 22.3 Å². The normalized spacial score (nSPS) is 19.5. The number of aromatic nitrogens is 1. The van der Waals surface area contributed by atoms with Crippen LogP contribution in [0.4, 0.5) is 15.8 Å². The van der Waals surface area contributed by atoms with E-state index in [1.54, 1.807) is 4.57 Å². The number of hydrogen-bond acceptors (Lipinski definition) is 5. The molecule has 0 unspecified atom stereocenters. The summed E-state index contributed by atoms with van der Waals surface area (Å²) in [6.07, 6.45) is 3.34. The summed E-state index contributed by atoms with van der Waals surface area (Å²) in [4.78, 5) is 24.0. The number of benzene rings is 2. The van der Waals surface area contributed by atoms with E-state index in [0.29, 0.717) is 31.1 Å². The molecule has 2 aromatic carbocycles. The van der Waals surface area contributed by atoms with Crippen molar-refractivity contribution in [1.29, 1.82) is 0 Å². The summed E-state index contributed by atoms with van der Waals surface area (Å²) in [5.74, 6) is -1.64. The van der Waals surface area contributed by atoms with Gasteiger partial charge in [-0.1, -0.05) is 37.3 Å². The Kier molecular flexibility index (Phi) is 6.12. The topological polar surface area (TPSA) is 109 Å². The Balaban J connectivity index is 1.51. The third-order valence-corrected chi connectivity index (χ3v) is 6.74. The zero-order valence-electron chi connectivity index (χ0n) is 18.8. The van der Waals surface area contributed by atoms with E-state index in [0.717, 1.165) is 12.8 Å². The van der Waals surface area contributed by atoms with Gasteiger partial charge in [-0.15, -0.1) is 0 Å². The molecule has 1 heterocycles. The second-order valence-corrected chi connectivity index (χ2v) is 8.54. The molecule has 33 heavy (non-hydrogen) atoms. The summed E-state index contributed by atoms with van der Waals surface area (Å²) in [6, 6.07) is 11.9. The Morgan fingerprint density at radius 1 is 1.27 bits per heavy atom. The van der Waals surface area contributed by atoms with E-state index in [2.05, 4.69) is 41.8 Å². The van der Waals surface area contributed by atoms with E-state index in [9.17, 15) is 19.1 Å². The third-order valence-electron chi connectivity index (χ3n) is 6.74. The standard InChI is InChI=1S/C25H29FN4O3/c1-3-25(13-17(25)15-8-6-5-7-9-15)29-11-10-28-18-12-19-20(22(27)21(18)26)23(31)16(24(32)33)14-30(19)4-2/h5-9,12,14,17,28-29H,3-4,10-11,13,27H2,1-2H3,(H,32,33)/t17-,25+/m0/s1. The molecule has 3 aromatic rings. The molecule has 1 aromatic heterocycles. The number of pyridine rings is 1. The van der Waals surface area contributed by atoms with Crippen molar-refractivity contribution in [2.24, 2.45) is 0 Å². The van der Waals surface area contributed by atoms with Gasteiger partial charge >= 0.3 is 5.97 Å². The minimum Gasteiger partial charge on any atom is -0.477 e. The van der Waals surface area contributed by atoms with Crippen molar-refractivity contribution in [3.05, 3.63) is 69.8 Å². The number of rotatable bonds is 9. The summed E-state index contributed by atoms with van der Waals surface area (Å²) in [7, 11) is 0. The first kappa shape index (κ1) is 22.8. The number of hydrogen-bond donors (Lipinski definition) is 4. The van der Waals surface area contributed by atoms with E-state index in [1.165, 1.54) is 17.8 Å². The minimum atomic E-state index is -1.36. The summed E-state index contributed by atoms with van der Waals surface area (Å²) in [6.45, 7) is 5.49. The Labute approximate surface area is 191 Å². The zero-order valence-corrected chi connectivity index (χ0v) is 18.8. The van der Waals surface area contributed by atoms with E-state index < -0.39 is 22.8 Å². The number of carboxylic acids is 1. The lowest BCUT2D eigenvalue weighted by molar-refractivity contribution is 0.0695. The molecule has 5 N–H and O–H groups in total. The second kappa shape index (κ2) is 8.86. The lowest BCUT2D eigenvalue weighted by Crippen LogP contribution is -2.36. The number of nitrogens with two attached hydrogens (primary N) is 1. The lowest BCUT2D eigenvalue weighted by Gasteiger charge is -2.19. The molecular formula is C25H29FN4O3. The number of nitrogens with one attached hydrogen (secondary N) is 2. The molecule has 0 spiro atoms. The highest BCUT2D eigenvalue weighted by molar-refractivity contribution is 5.99. The average Bonchev–Trinajstić information content (AvgIpc) is 3.55. The predicted molar refractivity (Wildman–Crippen MR) is 129 cm³/mol. The Hall–Kier alpha value is -3.39. The maximum atomic E-state index is 15.0. The molecule has 1 fully saturated rings. The van der Waals surface area contributed by atoms with Crippen LogP contribution in [-0.2, 0) is 6.54 Å². The average molecular weight is 453 g/mol. The van der Waals surface area contributed by atoms with Crippen molar-refractivity contribution in [2.75, 3.05) is 24.1 Å². The molecule has 4 rings (SSSR count). The van der Waals surface area contributed by atoms with Gasteiger partial charge in [0.1, 0.15) is 5.56 Å². The first-order valence-electron chi connectivity index (χ1n) is 11.2. The number of carbonyl (C=O) groups is 1. The first-order chi connectivity index (χ1) is 15.8. The van der Waals surface area contributed by atoms with Crippen molar-refractivity contribution >= 4 is 28.2 Å². The van der Waals surface area contributed by atoms with Crippen LogP contribution in [0.2, 0.25) is 0 Å². The predicted octanol–water partition coefficient (Wildman–Crippen LogP) is 3.78. The van der Waals surface area contributed by atoms with Crippen molar-refractivity contribution in [3.8, 4) is 0 Å². The number of carboxylic acid groups (broad SMARTS) is 1. The van der Waals surface area contributed by atoms with Gasteiger partial charge in [0.2, 0.25) is 5.43 Å². The van der Waals surface area contributed by atoms with Crippen LogP contribution in [0.1, 0.15) is 48.5 Å². The number of nitrogen functional groups attached to an aromatic ring is 1. The first-order valence-corrected chi connectivity index (χ1v) is 11.2. The fourth-order valence-electron chi connectivity index (χ4n) is 4.74. The van der Waals surface area contributed by atoms with Crippen molar-refractivity contribution in [3.63, 3.8) is 0 Å². The van der Waals surface area contributed by atoms with Gasteiger partial charge in [0.25, 0.3) is 0 Å². The van der Waals surface area contributed by atoms with Crippen LogP contribution in [0.25, 0.3) is 10.9 Å². The van der Waals surface area contributed by atoms with Crippen LogP contribution in [0.3, 0.4) is 0 Å². The fourth-order valence-corrected chi connectivity index (χ4v) is 4.74. The highest BCUT2D eigenvalue weighted by Crippen LogP contribution is 2.53. The van der Waals surface area contributed by atoms with Crippen LogP contribution >= 0.6 is 0 Å². The molecule has 0 aliphatic heterocycles. The molecule has 0 saturated heterocycles. The minimum absolute atomic E-state index is 0.0555. The molecule has 7 nitrogen and oxygen atoms in total. The fraction of sp³-hybridized carbons (Fsp3) is 0.360. The van der Waals surface area contributed by atoms with Crippen molar-refractivity contribution in [2.45, 2.75) is 44.7 Å². The molecule has 0 bridgehead atoms. The van der Waals surface area contributed by atoms with Crippen LogP contribution < -0.4 is 21.8 Å². The van der Waals surface area contributed by atoms with E-state index in [4.69, 9.17) is 5.73 Å². The maximum absolute atomic E-state index is 15.0. The second-order valence-electron chi connectivity index (χ2n) is 8.54. The molecule has 174 valence electrons. The Morgan fingerprint density at radius 2 is 2.00 bits per heavy atom. The van der Waals surface area contributed by atoms with Gasteiger partial charge in [0.15, 0.2) is 5.82 Å². The van der Waals surface area contributed by atoms with Crippen LogP contribution in [-0.4, -0.2) is 34.3 Å². The number of halogens is 1. The third kappa shape index (κ3) is 4.06. The van der Waals surface area contributed by atoms with E-state index in [1.807, 2.05) is 13.0 Å². The monoisotopic (exact) mass is 452 g/mol. The number of aryl methyl sites for hydroxylation is 1. The van der Waals surface area contributed by atoms with E-state index >= 15 is 0 Å². The quantitative estimate of drug-likeness (QED) is 0.291. The van der Waals surface area contributed by atoms with Crippen molar-refractivity contribution < 1.29 is 14.3 Å². The van der Waals surface area contributed by atoms with Gasteiger partial charge in [0, 0.05) is 37.3 Å². The van der Waals surface area contributed by atoms with Crippen molar-refractivity contribution in [1.82, 2.24) is 9.88 Å². The summed E-state index contributed by atoms with van der Waals surface area (Å²) in [5.41, 5.74) is 6.39. The molecule has 1 aliphatic rings. The highest BCUT2D eigenvalue weighted by Gasteiger charge is 2.52.